The third-order valence-electron chi connectivity index (χ3n) is 2.43. The molecule has 4 N–H and O–H groups in total. The second kappa shape index (κ2) is 5.33. The topological polar surface area (TPSA) is 95.0 Å². The fraction of sp³-hybridized carbons (Fsp3) is 0.455. The lowest BCUT2D eigenvalue weighted by molar-refractivity contribution is 0.249. The van der Waals surface area contributed by atoms with Gasteiger partial charge < -0.3 is 16.2 Å². The second-order valence-corrected chi connectivity index (χ2v) is 3.91. The Labute approximate surface area is 94.9 Å². The summed E-state index contributed by atoms with van der Waals surface area (Å²) < 4.78 is 0. The van der Waals surface area contributed by atoms with Crippen LogP contribution in [0.4, 0.5) is 11.5 Å². The summed E-state index contributed by atoms with van der Waals surface area (Å²) in [4.78, 5) is 4.06. The number of nitrogens with one attached hydrogen (secondary N) is 1. The van der Waals surface area contributed by atoms with Crippen LogP contribution < -0.4 is 11.1 Å². The number of hydrogen-bond acceptors (Lipinski definition) is 5. The van der Waals surface area contributed by atoms with E-state index in [2.05, 4.69) is 10.3 Å². The highest BCUT2D eigenvalue weighted by atomic mass is 16.3. The van der Waals surface area contributed by atoms with Gasteiger partial charge in [-0.3, -0.25) is 0 Å². The molecule has 1 unspecified atom stereocenters. The molecule has 1 aromatic rings. The van der Waals surface area contributed by atoms with E-state index < -0.39 is 0 Å². The molecule has 86 valence electrons. The molecule has 1 atom stereocenters. The van der Waals surface area contributed by atoms with Crippen LogP contribution in [0.3, 0.4) is 0 Å². The molecule has 0 fully saturated rings. The Kier molecular flexibility index (Phi) is 4.09. The summed E-state index contributed by atoms with van der Waals surface area (Å²) in [6.07, 6.45) is 1.52. The van der Waals surface area contributed by atoms with Crippen LogP contribution in [0.2, 0.25) is 0 Å². The molecule has 0 radical (unpaired) electrons. The van der Waals surface area contributed by atoms with Gasteiger partial charge in [0.1, 0.15) is 6.07 Å². The quantitative estimate of drug-likeness (QED) is 0.702. The Bertz CT molecular complexity index is 397. The molecule has 0 amide bonds. The normalized spacial score (nSPS) is 12.2. The van der Waals surface area contributed by atoms with Crippen molar-refractivity contribution in [3.05, 3.63) is 17.8 Å². The maximum absolute atomic E-state index is 9.18. The fourth-order valence-electron chi connectivity index (χ4n) is 1.28. The van der Waals surface area contributed by atoms with E-state index in [0.29, 0.717) is 17.1 Å². The first-order valence-corrected chi connectivity index (χ1v) is 5.12. The van der Waals surface area contributed by atoms with Crippen molar-refractivity contribution in [3.8, 4) is 6.07 Å². The zero-order chi connectivity index (χ0) is 12.1. The van der Waals surface area contributed by atoms with E-state index in [4.69, 9.17) is 11.0 Å². The first-order chi connectivity index (χ1) is 7.60. The number of aliphatic hydroxyl groups is 1. The molecule has 5 heteroatoms. The van der Waals surface area contributed by atoms with Crippen LogP contribution in [0.5, 0.6) is 0 Å². The molecule has 0 bridgehead atoms. The van der Waals surface area contributed by atoms with Gasteiger partial charge in [-0.2, -0.15) is 5.26 Å². The molecule has 0 saturated carbocycles. The number of pyridine rings is 1. The Morgan fingerprint density at radius 3 is 2.81 bits per heavy atom. The minimum Gasteiger partial charge on any atom is -0.395 e. The highest BCUT2D eigenvalue weighted by molar-refractivity contribution is 5.69. The van der Waals surface area contributed by atoms with Gasteiger partial charge in [0.25, 0.3) is 0 Å². The van der Waals surface area contributed by atoms with Crippen molar-refractivity contribution < 1.29 is 5.11 Å². The molecule has 0 aliphatic rings. The van der Waals surface area contributed by atoms with E-state index in [-0.39, 0.29) is 18.6 Å². The number of rotatable bonds is 4. The van der Waals surface area contributed by atoms with Crippen molar-refractivity contribution >= 4 is 11.5 Å². The van der Waals surface area contributed by atoms with E-state index in [9.17, 15) is 5.11 Å². The Hall–Kier alpha value is -1.80. The molecule has 0 aliphatic heterocycles. The first-order valence-electron chi connectivity index (χ1n) is 5.12. The van der Waals surface area contributed by atoms with Crippen LogP contribution >= 0.6 is 0 Å². The summed E-state index contributed by atoms with van der Waals surface area (Å²) in [6, 6.07) is 3.43. The molecule has 16 heavy (non-hydrogen) atoms. The number of nitrogens with two attached hydrogens (primary N) is 1. The number of anilines is 2. The predicted molar refractivity (Wildman–Crippen MR) is 62.7 cm³/mol. The van der Waals surface area contributed by atoms with Crippen molar-refractivity contribution in [2.24, 2.45) is 5.92 Å². The minimum absolute atomic E-state index is 0.00440. The van der Waals surface area contributed by atoms with Crippen molar-refractivity contribution in [2.45, 2.75) is 19.9 Å². The average molecular weight is 220 g/mol. The predicted octanol–water partition coefficient (Wildman–Crippen LogP) is 0.964. The number of nitriles is 1. The van der Waals surface area contributed by atoms with Crippen molar-refractivity contribution in [3.63, 3.8) is 0 Å². The summed E-state index contributed by atoms with van der Waals surface area (Å²) >= 11 is 0. The van der Waals surface area contributed by atoms with Crippen LogP contribution in [-0.4, -0.2) is 22.7 Å². The maximum atomic E-state index is 9.18. The molecule has 0 saturated heterocycles. The number of aromatic nitrogens is 1. The van der Waals surface area contributed by atoms with E-state index >= 15 is 0 Å². The third kappa shape index (κ3) is 2.61. The Morgan fingerprint density at radius 1 is 1.62 bits per heavy atom. The maximum Gasteiger partial charge on any atom is 0.150 e. The molecule has 1 rings (SSSR count). The van der Waals surface area contributed by atoms with Gasteiger partial charge in [-0.1, -0.05) is 13.8 Å². The summed E-state index contributed by atoms with van der Waals surface area (Å²) in [5, 5.41) is 21.0. The highest BCUT2D eigenvalue weighted by Gasteiger charge is 2.14. The zero-order valence-corrected chi connectivity index (χ0v) is 9.44. The summed E-state index contributed by atoms with van der Waals surface area (Å²) in [5.74, 6) is 0.698. The highest BCUT2D eigenvalue weighted by Crippen LogP contribution is 2.21. The smallest absolute Gasteiger partial charge is 0.150 e. The first kappa shape index (κ1) is 12.3. The van der Waals surface area contributed by atoms with Gasteiger partial charge in [-0.25, -0.2) is 4.98 Å². The van der Waals surface area contributed by atoms with Gasteiger partial charge >= 0.3 is 0 Å². The van der Waals surface area contributed by atoms with Crippen LogP contribution in [0, 0.1) is 17.2 Å². The third-order valence-corrected chi connectivity index (χ3v) is 2.43. The van der Waals surface area contributed by atoms with E-state index in [1.165, 1.54) is 6.20 Å². The van der Waals surface area contributed by atoms with Gasteiger partial charge in [0.15, 0.2) is 5.82 Å². The number of hydrogen-bond donors (Lipinski definition) is 3. The summed E-state index contributed by atoms with van der Waals surface area (Å²) in [6.45, 7) is 3.96. The summed E-state index contributed by atoms with van der Waals surface area (Å²) in [7, 11) is 0. The average Bonchev–Trinajstić information content (AvgIpc) is 2.27. The molecule has 1 aromatic heterocycles. The van der Waals surface area contributed by atoms with Crippen LogP contribution in [0.15, 0.2) is 12.3 Å². The van der Waals surface area contributed by atoms with Crippen molar-refractivity contribution in [2.75, 3.05) is 17.7 Å². The fourth-order valence-corrected chi connectivity index (χ4v) is 1.28. The Balaban J connectivity index is 2.93. The molecule has 0 spiro atoms. The number of aliphatic hydroxyl groups excluding tert-OH is 1. The molecule has 0 aromatic carbocycles. The van der Waals surface area contributed by atoms with Gasteiger partial charge in [-0.05, 0) is 12.0 Å². The van der Waals surface area contributed by atoms with Gasteiger partial charge in [0.05, 0.1) is 23.9 Å². The van der Waals surface area contributed by atoms with Crippen LogP contribution in [-0.2, 0) is 0 Å². The molecule has 5 nitrogen and oxygen atoms in total. The number of nitrogen functional groups attached to an aromatic ring is 1. The zero-order valence-electron chi connectivity index (χ0n) is 9.44. The van der Waals surface area contributed by atoms with E-state index in [0.717, 1.165) is 0 Å². The molecular weight excluding hydrogens is 204 g/mol. The van der Waals surface area contributed by atoms with Crippen molar-refractivity contribution in [1.29, 1.82) is 5.26 Å². The lowest BCUT2D eigenvalue weighted by Crippen LogP contribution is -2.30. The van der Waals surface area contributed by atoms with Gasteiger partial charge in [0, 0.05) is 6.20 Å². The van der Waals surface area contributed by atoms with Crippen LogP contribution in [0.25, 0.3) is 0 Å². The van der Waals surface area contributed by atoms with E-state index in [1.54, 1.807) is 6.07 Å². The van der Waals surface area contributed by atoms with Crippen LogP contribution in [0.1, 0.15) is 19.4 Å². The van der Waals surface area contributed by atoms with Gasteiger partial charge in [-0.15, -0.1) is 0 Å². The molecule has 1 heterocycles. The molecule has 0 aliphatic carbocycles. The largest absolute Gasteiger partial charge is 0.395 e. The summed E-state index contributed by atoms with van der Waals surface area (Å²) in [5.41, 5.74) is 6.48. The van der Waals surface area contributed by atoms with E-state index in [1.807, 2.05) is 19.9 Å². The monoisotopic (exact) mass is 220 g/mol. The lowest BCUT2D eigenvalue weighted by atomic mass is 10.1. The Morgan fingerprint density at radius 2 is 2.31 bits per heavy atom. The number of nitrogens with zero attached hydrogens (tertiary/aromatic N) is 2. The van der Waals surface area contributed by atoms with Gasteiger partial charge in [0.2, 0.25) is 0 Å². The SMILES string of the molecule is CC(C)C(CO)Nc1nccc(C#N)c1N. The van der Waals surface area contributed by atoms with Crippen molar-refractivity contribution in [1.82, 2.24) is 4.98 Å². The minimum atomic E-state index is -0.122. The standard InChI is InChI=1S/C11H16N4O/c1-7(2)9(6-16)15-11-10(13)8(5-12)3-4-14-11/h3-4,7,9,16H,6,13H2,1-2H3,(H,14,15). The second-order valence-electron chi connectivity index (χ2n) is 3.91. The molecular formula is C11H16N4O. The lowest BCUT2D eigenvalue weighted by Gasteiger charge is -2.21.